The van der Waals surface area contributed by atoms with Crippen LogP contribution in [0.5, 0.6) is 0 Å². The lowest BCUT2D eigenvalue weighted by Crippen LogP contribution is -2.22. The van der Waals surface area contributed by atoms with E-state index in [1.54, 1.807) is 0 Å². The topological polar surface area (TPSA) is 61.4 Å². The van der Waals surface area contributed by atoms with Gasteiger partial charge in [-0.25, -0.2) is 0 Å². The molecular formula is C21H27N3O2. The summed E-state index contributed by atoms with van der Waals surface area (Å²) >= 11 is 0. The molecule has 0 aliphatic rings. The van der Waals surface area contributed by atoms with Crippen LogP contribution in [0.15, 0.2) is 42.5 Å². The van der Waals surface area contributed by atoms with Crippen molar-refractivity contribution in [1.29, 1.82) is 0 Å². The highest BCUT2D eigenvalue weighted by molar-refractivity contribution is 6.08. The zero-order valence-electron chi connectivity index (χ0n) is 15.9. The Morgan fingerprint density at radius 1 is 0.808 bits per heavy atom. The highest BCUT2D eigenvalue weighted by atomic mass is 16.2. The minimum Gasteiger partial charge on any atom is -0.372 e. The van der Waals surface area contributed by atoms with Gasteiger partial charge in [0.1, 0.15) is 6.42 Å². The second kappa shape index (κ2) is 9.04. The smallest absolute Gasteiger partial charge is 0.233 e. The third kappa shape index (κ3) is 5.34. The van der Waals surface area contributed by atoms with Gasteiger partial charge in [0.2, 0.25) is 11.8 Å². The quantitative estimate of drug-likeness (QED) is 0.736. The van der Waals surface area contributed by atoms with E-state index >= 15 is 0 Å². The number of hydrogen-bond donors (Lipinski definition) is 2. The maximum atomic E-state index is 12.1. The molecule has 5 heteroatoms. The predicted octanol–water partition coefficient (Wildman–Crippen LogP) is 4.12. The molecule has 0 aromatic heterocycles. The predicted molar refractivity (Wildman–Crippen MR) is 108 cm³/mol. The number of aryl methyl sites for hydroxylation is 2. The van der Waals surface area contributed by atoms with E-state index in [1.807, 2.05) is 56.3 Å². The van der Waals surface area contributed by atoms with Crippen molar-refractivity contribution in [3.05, 3.63) is 53.6 Å². The minimum atomic E-state index is -0.332. The third-order valence-electron chi connectivity index (χ3n) is 4.39. The zero-order chi connectivity index (χ0) is 19.1. The Morgan fingerprint density at radius 2 is 1.35 bits per heavy atom. The molecule has 0 heterocycles. The maximum Gasteiger partial charge on any atom is 0.233 e. The van der Waals surface area contributed by atoms with Gasteiger partial charge in [0, 0.05) is 30.2 Å². The summed E-state index contributed by atoms with van der Waals surface area (Å²) in [7, 11) is 0. The van der Waals surface area contributed by atoms with Crippen LogP contribution in [0.3, 0.4) is 0 Å². The fourth-order valence-electron chi connectivity index (χ4n) is 2.72. The number of hydrogen-bond acceptors (Lipinski definition) is 3. The van der Waals surface area contributed by atoms with Crippen molar-refractivity contribution in [2.24, 2.45) is 0 Å². The molecule has 0 spiro atoms. The largest absolute Gasteiger partial charge is 0.372 e. The lowest BCUT2D eigenvalue weighted by atomic mass is 10.1. The van der Waals surface area contributed by atoms with Crippen molar-refractivity contribution < 1.29 is 9.59 Å². The van der Waals surface area contributed by atoms with Gasteiger partial charge in [-0.15, -0.1) is 0 Å². The molecule has 5 nitrogen and oxygen atoms in total. The van der Waals surface area contributed by atoms with Crippen molar-refractivity contribution in [2.45, 2.75) is 34.1 Å². The number of carbonyl (C=O) groups is 2. The van der Waals surface area contributed by atoms with Gasteiger partial charge < -0.3 is 15.5 Å². The summed E-state index contributed by atoms with van der Waals surface area (Å²) in [6, 6.07) is 13.3. The van der Waals surface area contributed by atoms with Crippen LogP contribution in [0, 0.1) is 13.8 Å². The van der Waals surface area contributed by atoms with Crippen LogP contribution in [0.2, 0.25) is 0 Å². The summed E-state index contributed by atoms with van der Waals surface area (Å²) in [6.07, 6.45) is -0.218. The van der Waals surface area contributed by atoms with Crippen molar-refractivity contribution in [2.75, 3.05) is 28.6 Å². The molecule has 2 N–H and O–H groups in total. The standard InChI is InChI=1S/C21H27N3O2/c1-5-24(6-2)19-11-9-17(10-12-19)22-20(25)14-21(26)23-18-8-7-15(3)16(4)13-18/h7-13H,5-6,14H2,1-4H3,(H,22,25)(H,23,26). The van der Waals surface area contributed by atoms with Crippen molar-refractivity contribution in [3.63, 3.8) is 0 Å². The molecule has 0 saturated carbocycles. The molecular weight excluding hydrogens is 326 g/mol. The van der Waals surface area contributed by atoms with Crippen LogP contribution in [0.1, 0.15) is 31.4 Å². The molecule has 0 aliphatic heterocycles. The summed E-state index contributed by atoms with van der Waals surface area (Å²) in [6.45, 7) is 10.1. The summed E-state index contributed by atoms with van der Waals surface area (Å²) < 4.78 is 0. The monoisotopic (exact) mass is 353 g/mol. The fourth-order valence-corrected chi connectivity index (χ4v) is 2.72. The van der Waals surface area contributed by atoms with Crippen LogP contribution in [0.25, 0.3) is 0 Å². The van der Waals surface area contributed by atoms with Gasteiger partial charge in [0.25, 0.3) is 0 Å². The highest BCUT2D eigenvalue weighted by Crippen LogP contribution is 2.18. The summed E-state index contributed by atoms with van der Waals surface area (Å²) in [4.78, 5) is 26.4. The van der Waals surface area contributed by atoms with E-state index in [4.69, 9.17) is 0 Å². The van der Waals surface area contributed by atoms with E-state index in [9.17, 15) is 9.59 Å². The van der Waals surface area contributed by atoms with Gasteiger partial charge >= 0.3 is 0 Å². The minimum absolute atomic E-state index is 0.218. The molecule has 26 heavy (non-hydrogen) atoms. The molecule has 0 fully saturated rings. The average Bonchev–Trinajstić information content (AvgIpc) is 2.60. The summed E-state index contributed by atoms with van der Waals surface area (Å²) in [5.74, 6) is -0.660. The number of carbonyl (C=O) groups excluding carboxylic acids is 2. The fraction of sp³-hybridized carbons (Fsp3) is 0.333. The van der Waals surface area contributed by atoms with Gasteiger partial charge in [-0.05, 0) is 75.2 Å². The van der Waals surface area contributed by atoms with E-state index < -0.39 is 0 Å². The number of benzene rings is 2. The average molecular weight is 353 g/mol. The van der Waals surface area contributed by atoms with Crippen LogP contribution in [-0.4, -0.2) is 24.9 Å². The Morgan fingerprint density at radius 3 is 1.88 bits per heavy atom. The SMILES string of the molecule is CCN(CC)c1ccc(NC(=O)CC(=O)Nc2ccc(C)c(C)c2)cc1. The second-order valence-electron chi connectivity index (χ2n) is 6.29. The van der Waals surface area contributed by atoms with Gasteiger partial charge in [-0.2, -0.15) is 0 Å². The van der Waals surface area contributed by atoms with Gasteiger partial charge in [-0.1, -0.05) is 6.07 Å². The Balaban J connectivity index is 1.89. The van der Waals surface area contributed by atoms with Crippen molar-refractivity contribution in [3.8, 4) is 0 Å². The lowest BCUT2D eigenvalue weighted by Gasteiger charge is -2.21. The molecule has 0 bridgehead atoms. The molecule has 0 aliphatic carbocycles. The molecule has 2 rings (SSSR count). The highest BCUT2D eigenvalue weighted by Gasteiger charge is 2.11. The normalized spacial score (nSPS) is 10.3. The first-order chi connectivity index (χ1) is 12.4. The van der Waals surface area contributed by atoms with Crippen LogP contribution in [-0.2, 0) is 9.59 Å². The zero-order valence-corrected chi connectivity index (χ0v) is 15.9. The molecule has 0 atom stereocenters. The van der Waals surface area contributed by atoms with Crippen molar-refractivity contribution >= 4 is 28.9 Å². The second-order valence-corrected chi connectivity index (χ2v) is 6.29. The molecule has 0 saturated heterocycles. The Bertz CT molecular complexity index is 765. The van der Waals surface area contributed by atoms with Crippen molar-refractivity contribution in [1.82, 2.24) is 0 Å². The first-order valence-electron chi connectivity index (χ1n) is 8.95. The molecule has 2 amide bonds. The Hall–Kier alpha value is -2.82. The van der Waals surface area contributed by atoms with E-state index in [0.29, 0.717) is 11.4 Å². The number of nitrogens with one attached hydrogen (secondary N) is 2. The molecule has 0 unspecified atom stereocenters. The number of rotatable bonds is 7. The van der Waals surface area contributed by atoms with Gasteiger partial charge in [-0.3, -0.25) is 9.59 Å². The Labute approximate surface area is 155 Å². The first kappa shape index (κ1) is 19.5. The number of amides is 2. The maximum absolute atomic E-state index is 12.1. The van der Waals surface area contributed by atoms with Crippen LogP contribution >= 0.6 is 0 Å². The van der Waals surface area contributed by atoms with Crippen LogP contribution in [0.4, 0.5) is 17.1 Å². The van der Waals surface area contributed by atoms with Crippen LogP contribution < -0.4 is 15.5 Å². The number of anilines is 3. The molecule has 0 radical (unpaired) electrons. The molecule has 2 aromatic carbocycles. The van der Waals surface area contributed by atoms with Gasteiger partial charge in [0.05, 0.1) is 0 Å². The van der Waals surface area contributed by atoms with E-state index in [1.165, 1.54) is 0 Å². The van der Waals surface area contributed by atoms with E-state index in [-0.39, 0.29) is 18.2 Å². The van der Waals surface area contributed by atoms with E-state index in [2.05, 4.69) is 29.4 Å². The third-order valence-corrected chi connectivity index (χ3v) is 4.39. The van der Waals surface area contributed by atoms with E-state index in [0.717, 1.165) is 29.9 Å². The Kier molecular flexibility index (Phi) is 6.78. The van der Waals surface area contributed by atoms with Gasteiger partial charge in [0.15, 0.2) is 0 Å². The lowest BCUT2D eigenvalue weighted by molar-refractivity contribution is -0.123. The summed E-state index contributed by atoms with van der Waals surface area (Å²) in [5.41, 5.74) is 4.76. The summed E-state index contributed by atoms with van der Waals surface area (Å²) in [5, 5.41) is 5.52. The number of nitrogens with zero attached hydrogens (tertiary/aromatic N) is 1. The molecule has 138 valence electrons. The molecule has 2 aromatic rings. The first-order valence-corrected chi connectivity index (χ1v) is 8.95.